The summed E-state index contributed by atoms with van der Waals surface area (Å²) in [7, 11) is 0. The van der Waals surface area contributed by atoms with Gasteiger partial charge in [0.15, 0.2) is 0 Å². The summed E-state index contributed by atoms with van der Waals surface area (Å²) in [6.45, 7) is 1.37. The minimum Gasteiger partial charge on any atom is -0.339 e. The van der Waals surface area contributed by atoms with Gasteiger partial charge in [0.05, 0.1) is 16.6 Å². The lowest BCUT2D eigenvalue weighted by molar-refractivity contribution is 0.0689. The lowest BCUT2D eigenvalue weighted by atomic mass is 9.90. The van der Waals surface area contributed by atoms with Crippen molar-refractivity contribution in [3.8, 4) is 5.82 Å². The number of aromatic nitrogens is 3. The largest absolute Gasteiger partial charge is 0.339 e. The molecule has 1 aliphatic heterocycles. The van der Waals surface area contributed by atoms with Crippen molar-refractivity contribution in [3.63, 3.8) is 0 Å². The molecule has 1 fully saturated rings. The third kappa shape index (κ3) is 3.93. The molecule has 5 nitrogen and oxygen atoms in total. The lowest BCUT2D eigenvalue weighted by Crippen LogP contribution is -2.39. The molecule has 1 amide bonds. The second-order valence-corrected chi connectivity index (χ2v) is 8.04. The molecule has 156 valence electrons. The monoisotopic (exact) mass is 414 g/mol. The third-order valence-corrected chi connectivity index (χ3v) is 6.06. The second-order valence-electron chi connectivity index (χ2n) is 8.04. The molecule has 0 saturated carbocycles. The van der Waals surface area contributed by atoms with Crippen LogP contribution in [0.3, 0.4) is 0 Å². The third-order valence-electron chi connectivity index (χ3n) is 6.06. The Morgan fingerprint density at radius 1 is 0.968 bits per heavy atom. The Kier molecular flexibility index (Phi) is 5.20. The molecule has 4 aromatic rings. The number of hydrogen-bond donors (Lipinski definition) is 0. The van der Waals surface area contributed by atoms with Crippen LogP contribution >= 0.6 is 0 Å². The molecule has 5 rings (SSSR count). The van der Waals surface area contributed by atoms with E-state index in [2.05, 4.69) is 9.97 Å². The summed E-state index contributed by atoms with van der Waals surface area (Å²) in [6.07, 6.45) is 5.87. The van der Waals surface area contributed by atoms with Gasteiger partial charge in [-0.25, -0.2) is 14.4 Å². The van der Waals surface area contributed by atoms with E-state index in [1.54, 1.807) is 18.6 Å². The fraction of sp³-hybridized carbons (Fsp3) is 0.240. The molecule has 1 aliphatic rings. The van der Waals surface area contributed by atoms with Gasteiger partial charge >= 0.3 is 0 Å². The highest BCUT2D eigenvalue weighted by molar-refractivity contribution is 5.94. The first-order chi connectivity index (χ1) is 15.2. The van der Waals surface area contributed by atoms with Crippen molar-refractivity contribution < 1.29 is 9.18 Å². The van der Waals surface area contributed by atoms with Crippen LogP contribution in [0.5, 0.6) is 0 Å². The molecule has 2 aromatic carbocycles. The van der Waals surface area contributed by atoms with Gasteiger partial charge in [0.2, 0.25) is 0 Å². The van der Waals surface area contributed by atoms with Crippen LogP contribution in [0.4, 0.5) is 4.39 Å². The van der Waals surface area contributed by atoms with Gasteiger partial charge < -0.3 is 4.90 Å². The summed E-state index contributed by atoms with van der Waals surface area (Å²) >= 11 is 0. The first-order valence-corrected chi connectivity index (χ1v) is 10.6. The average molecular weight is 414 g/mol. The topological polar surface area (TPSA) is 51.0 Å². The highest BCUT2D eigenvalue weighted by atomic mass is 19.1. The normalized spacial score (nSPS) is 14.8. The highest BCUT2D eigenvalue weighted by Gasteiger charge is 2.24. The van der Waals surface area contributed by atoms with Gasteiger partial charge in [-0.05, 0) is 61.1 Å². The standard InChI is InChI=1S/C25H23FN4O/c26-21-6-2-1-5-19(21)15-18-11-13-29(14-12-18)25(31)20-9-10-24(27-16-20)30-17-28-22-7-3-4-8-23(22)30/h1-10,16-18H,11-15H2. The van der Waals surface area contributed by atoms with Gasteiger partial charge in [0.25, 0.3) is 5.91 Å². The molecule has 2 aromatic heterocycles. The fourth-order valence-corrected chi connectivity index (χ4v) is 4.29. The molecule has 0 atom stereocenters. The van der Waals surface area contributed by atoms with Crippen molar-refractivity contribution in [3.05, 3.63) is 90.1 Å². The SMILES string of the molecule is O=C(c1ccc(-n2cnc3ccccc32)nc1)N1CCC(Cc2ccccc2F)CC1. The number of carbonyl (C=O) groups excluding carboxylic acids is 1. The average Bonchev–Trinajstić information content (AvgIpc) is 3.25. The highest BCUT2D eigenvalue weighted by Crippen LogP contribution is 2.24. The quantitative estimate of drug-likeness (QED) is 0.488. The van der Waals surface area contributed by atoms with Gasteiger partial charge in [-0.2, -0.15) is 0 Å². The number of likely N-dealkylation sites (tertiary alicyclic amines) is 1. The summed E-state index contributed by atoms with van der Waals surface area (Å²) in [5, 5.41) is 0. The molecular formula is C25H23FN4O. The molecule has 0 spiro atoms. The number of fused-ring (bicyclic) bond motifs is 1. The maximum Gasteiger partial charge on any atom is 0.255 e. The van der Waals surface area contributed by atoms with Crippen molar-refractivity contribution in [2.75, 3.05) is 13.1 Å². The van der Waals surface area contributed by atoms with E-state index < -0.39 is 0 Å². The summed E-state index contributed by atoms with van der Waals surface area (Å²) < 4.78 is 15.8. The minimum atomic E-state index is -0.141. The molecule has 0 bridgehead atoms. The van der Waals surface area contributed by atoms with Crippen LogP contribution in [0.15, 0.2) is 73.2 Å². The number of amides is 1. The number of para-hydroxylation sites is 2. The summed E-state index contributed by atoms with van der Waals surface area (Å²) in [4.78, 5) is 23.7. The van der Waals surface area contributed by atoms with E-state index in [0.29, 0.717) is 24.6 Å². The first kappa shape index (κ1) is 19.4. The van der Waals surface area contributed by atoms with E-state index >= 15 is 0 Å². The predicted octanol–water partition coefficient (Wildman–Crippen LogP) is 4.65. The van der Waals surface area contributed by atoms with Crippen molar-refractivity contribution in [1.82, 2.24) is 19.4 Å². The van der Waals surface area contributed by atoms with Crippen LogP contribution in [-0.4, -0.2) is 38.4 Å². The van der Waals surface area contributed by atoms with Gasteiger partial charge in [-0.15, -0.1) is 0 Å². The number of piperidine rings is 1. The van der Waals surface area contributed by atoms with E-state index in [0.717, 1.165) is 41.7 Å². The van der Waals surface area contributed by atoms with E-state index in [9.17, 15) is 9.18 Å². The molecule has 0 radical (unpaired) electrons. The van der Waals surface area contributed by atoms with Gasteiger partial charge in [-0.1, -0.05) is 30.3 Å². The number of rotatable bonds is 4. The number of benzene rings is 2. The summed E-state index contributed by atoms with van der Waals surface area (Å²) in [5.41, 5.74) is 3.23. The number of halogens is 1. The lowest BCUT2D eigenvalue weighted by Gasteiger charge is -2.32. The zero-order chi connectivity index (χ0) is 21.2. The van der Waals surface area contributed by atoms with Crippen LogP contribution < -0.4 is 0 Å². The van der Waals surface area contributed by atoms with Gasteiger partial charge in [0, 0.05) is 19.3 Å². The van der Waals surface area contributed by atoms with Crippen molar-refractivity contribution in [2.45, 2.75) is 19.3 Å². The number of hydrogen-bond acceptors (Lipinski definition) is 3. The van der Waals surface area contributed by atoms with E-state index in [1.165, 1.54) is 6.07 Å². The summed E-state index contributed by atoms with van der Waals surface area (Å²) in [5.74, 6) is 0.988. The van der Waals surface area contributed by atoms with Crippen molar-refractivity contribution in [2.24, 2.45) is 5.92 Å². The number of pyridine rings is 1. The first-order valence-electron chi connectivity index (χ1n) is 10.6. The van der Waals surface area contributed by atoms with Crippen LogP contribution in [0.25, 0.3) is 16.9 Å². The predicted molar refractivity (Wildman–Crippen MR) is 118 cm³/mol. The van der Waals surface area contributed by atoms with E-state index in [1.807, 2.05) is 58.0 Å². The molecule has 0 aliphatic carbocycles. The zero-order valence-electron chi connectivity index (χ0n) is 17.1. The molecule has 3 heterocycles. The zero-order valence-corrected chi connectivity index (χ0v) is 17.1. The van der Waals surface area contributed by atoms with Gasteiger partial charge in [-0.3, -0.25) is 9.36 Å². The smallest absolute Gasteiger partial charge is 0.255 e. The number of nitrogens with zero attached hydrogens (tertiary/aromatic N) is 4. The van der Waals surface area contributed by atoms with Gasteiger partial charge in [0.1, 0.15) is 18.0 Å². The number of carbonyl (C=O) groups is 1. The molecule has 6 heteroatoms. The fourth-order valence-electron chi connectivity index (χ4n) is 4.29. The minimum absolute atomic E-state index is 0.00104. The Morgan fingerprint density at radius 2 is 1.74 bits per heavy atom. The van der Waals surface area contributed by atoms with E-state index in [-0.39, 0.29) is 11.7 Å². The second kappa shape index (κ2) is 8.30. The Hall–Kier alpha value is -3.54. The van der Waals surface area contributed by atoms with Crippen molar-refractivity contribution in [1.29, 1.82) is 0 Å². The van der Waals surface area contributed by atoms with Crippen LogP contribution in [0.1, 0.15) is 28.8 Å². The maximum absolute atomic E-state index is 13.9. The Balaban J connectivity index is 1.23. The Labute approximate surface area is 180 Å². The summed E-state index contributed by atoms with van der Waals surface area (Å²) in [6, 6.07) is 18.5. The van der Waals surface area contributed by atoms with Crippen LogP contribution in [0, 0.1) is 11.7 Å². The van der Waals surface area contributed by atoms with Crippen LogP contribution in [0.2, 0.25) is 0 Å². The maximum atomic E-state index is 13.9. The molecule has 1 saturated heterocycles. The Morgan fingerprint density at radius 3 is 2.52 bits per heavy atom. The molecule has 0 N–H and O–H groups in total. The van der Waals surface area contributed by atoms with E-state index in [4.69, 9.17) is 0 Å². The van der Waals surface area contributed by atoms with Crippen molar-refractivity contribution >= 4 is 16.9 Å². The molecule has 31 heavy (non-hydrogen) atoms. The Bertz CT molecular complexity index is 1210. The number of imidazole rings is 1. The molecule has 0 unspecified atom stereocenters. The molecular weight excluding hydrogens is 391 g/mol. The van der Waals surface area contributed by atoms with Crippen LogP contribution in [-0.2, 0) is 6.42 Å².